The average molecular weight is 218 g/mol. The van der Waals surface area contributed by atoms with Crippen molar-refractivity contribution in [3.05, 3.63) is 35.4 Å². The van der Waals surface area contributed by atoms with Crippen LogP contribution >= 0.6 is 0 Å². The maximum Gasteiger partial charge on any atom is 0.251 e. The smallest absolute Gasteiger partial charge is 0.251 e. The van der Waals surface area contributed by atoms with Crippen molar-refractivity contribution < 1.29 is 4.79 Å². The predicted molar refractivity (Wildman–Crippen MR) is 64.1 cm³/mol. The fourth-order valence-electron chi connectivity index (χ4n) is 2.02. The lowest BCUT2D eigenvalue weighted by Gasteiger charge is -2.39. The highest BCUT2D eigenvalue weighted by atomic mass is 16.1. The van der Waals surface area contributed by atoms with Crippen LogP contribution in [0, 0.1) is 0 Å². The number of amides is 1. The van der Waals surface area contributed by atoms with Gasteiger partial charge in [0.05, 0.1) is 0 Å². The van der Waals surface area contributed by atoms with Gasteiger partial charge >= 0.3 is 0 Å². The molecule has 0 aromatic heterocycles. The first-order valence-corrected chi connectivity index (χ1v) is 5.74. The number of carbonyl (C=O) groups is 1. The molecule has 3 nitrogen and oxygen atoms in total. The second-order valence-corrected chi connectivity index (χ2v) is 4.77. The number of benzene rings is 1. The lowest BCUT2D eigenvalue weighted by molar-refractivity contribution is 0.0850. The fourth-order valence-corrected chi connectivity index (χ4v) is 2.02. The van der Waals surface area contributed by atoms with E-state index >= 15 is 0 Å². The van der Waals surface area contributed by atoms with Gasteiger partial charge in [0, 0.05) is 17.6 Å². The zero-order valence-corrected chi connectivity index (χ0v) is 9.62. The Hall–Kier alpha value is -1.35. The second-order valence-electron chi connectivity index (χ2n) is 4.77. The molecule has 1 aromatic carbocycles. The first-order chi connectivity index (χ1) is 7.63. The third-order valence-electron chi connectivity index (χ3n) is 3.30. The van der Waals surface area contributed by atoms with Crippen LogP contribution in [0.15, 0.2) is 24.3 Å². The molecule has 0 radical (unpaired) electrons. The van der Waals surface area contributed by atoms with E-state index in [0.717, 1.165) is 18.4 Å². The first kappa shape index (κ1) is 11.1. The van der Waals surface area contributed by atoms with Gasteiger partial charge in [0.1, 0.15) is 0 Å². The number of nitrogens with one attached hydrogen (secondary N) is 1. The van der Waals surface area contributed by atoms with E-state index in [2.05, 4.69) is 12.2 Å². The molecule has 1 fully saturated rings. The zero-order chi connectivity index (χ0) is 11.6. The highest BCUT2D eigenvalue weighted by molar-refractivity contribution is 5.94. The number of nitrogens with two attached hydrogens (primary N) is 1. The Morgan fingerprint density at radius 2 is 2.25 bits per heavy atom. The van der Waals surface area contributed by atoms with Crippen molar-refractivity contribution in [2.45, 2.75) is 38.3 Å². The zero-order valence-electron chi connectivity index (χ0n) is 9.62. The lowest BCUT2D eigenvalue weighted by atomic mass is 9.78. The van der Waals surface area contributed by atoms with Crippen molar-refractivity contribution in [3.8, 4) is 0 Å². The molecule has 0 aliphatic heterocycles. The molecule has 3 N–H and O–H groups in total. The summed E-state index contributed by atoms with van der Waals surface area (Å²) in [6.45, 7) is 2.57. The highest BCUT2D eigenvalue weighted by Crippen LogP contribution is 2.31. The predicted octanol–water partition coefficient (Wildman–Crippen LogP) is 1.82. The minimum Gasteiger partial charge on any atom is -0.347 e. The van der Waals surface area contributed by atoms with Crippen LogP contribution in [0.2, 0.25) is 0 Å². The van der Waals surface area contributed by atoms with Crippen LogP contribution in [0.25, 0.3) is 0 Å². The molecule has 1 saturated carbocycles. The van der Waals surface area contributed by atoms with Gasteiger partial charge in [0.25, 0.3) is 5.91 Å². The molecule has 0 saturated heterocycles. The Morgan fingerprint density at radius 1 is 1.50 bits per heavy atom. The third-order valence-corrected chi connectivity index (χ3v) is 3.30. The lowest BCUT2D eigenvalue weighted by Crippen LogP contribution is -2.50. The third kappa shape index (κ3) is 2.25. The van der Waals surface area contributed by atoms with Crippen molar-refractivity contribution >= 4 is 5.91 Å². The van der Waals surface area contributed by atoms with Crippen LogP contribution < -0.4 is 11.1 Å². The SMILES string of the molecule is CC1(NC(=O)c2cccc(CN)c2)CCC1. The van der Waals surface area contributed by atoms with Gasteiger partial charge < -0.3 is 11.1 Å². The van der Waals surface area contributed by atoms with Gasteiger partial charge in [0.15, 0.2) is 0 Å². The van der Waals surface area contributed by atoms with E-state index in [4.69, 9.17) is 5.73 Å². The minimum atomic E-state index is 0.00972. The Bertz CT molecular complexity index is 397. The summed E-state index contributed by atoms with van der Waals surface area (Å²) in [4.78, 5) is 12.0. The van der Waals surface area contributed by atoms with Crippen molar-refractivity contribution in [3.63, 3.8) is 0 Å². The van der Waals surface area contributed by atoms with Gasteiger partial charge in [-0.2, -0.15) is 0 Å². The first-order valence-electron chi connectivity index (χ1n) is 5.74. The summed E-state index contributed by atoms with van der Waals surface area (Å²) in [5.41, 5.74) is 7.26. The quantitative estimate of drug-likeness (QED) is 0.813. The molecular formula is C13H18N2O. The topological polar surface area (TPSA) is 55.1 Å². The van der Waals surface area contributed by atoms with Gasteiger partial charge in [-0.1, -0.05) is 12.1 Å². The Labute approximate surface area is 96.0 Å². The van der Waals surface area contributed by atoms with Crippen LogP contribution in [0.3, 0.4) is 0 Å². The number of rotatable bonds is 3. The summed E-state index contributed by atoms with van der Waals surface area (Å²) in [7, 11) is 0. The molecule has 0 unspecified atom stereocenters. The average Bonchev–Trinajstić information content (AvgIpc) is 2.27. The molecule has 1 aromatic rings. The maximum absolute atomic E-state index is 12.0. The molecule has 0 spiro atoms. The van der Waals surface area contributed by atoms with Gasteiger partial charge in [-0.25, -0.2) is 0 Å². The summed E-state index contributed by atoms with van der Waals surface area (Å²) in [6, 6.07) is 7.50. The van der Waals surface area contributed by atoms with Crippen LogP contribution in [0.5, 0.6) is 0 Å². The van der Waals surface area contributed by atoms with Crippen LogP contribution in [0.1, 0.15) is 42.1 Å². The Kier molecular flexibility index (Phi) is 2.97. The van der Waals surface area contributed by atoms with Gasteiger partial charge in [0.2, 0.25) is 0 Å². The molecule has 0 atom stereocenters. The van der Waals surface area contributed by atoms with E-state index in [1.54, 1.807) is 0 Å². The van der Waals surface area contributed by atoms with Crippen molar-refractivity contribution in [1.82, 2.24) is 5.32 Å². The van der Waals surface area contributed by atoms with E-state index in [0.29, 0.717) is 12.1 Å². The Balaban J connectivity index is 2.08. The van der Waals surface area contributed by atoms with Crippen LogP contribution in [-0.4, -0.2) is 11.4 Å². The minimum absolute atomic E-state index is 0.00972. The largest absolute Gasteiger partial charge is 0.347 e. The molecule has 0 heterocycles. The maximum atomic E-state index is 12.0. The highest BCUT2D eigenvalue weighted by Gasteiger charge is 2.33. The van der Waals surface area contributed by atoms with E-state index in [1.165, 1.54) is 6.42 Å². The Morgan fingerprint density at radius 3 is 2.81 bits per heavy atom. The van der Waals surface area contributed by atoms with E-state index < -0.39 is 0 Å². The molecular weight excluding hydrogens is 200 g/mol. The summed E-state index contributed by atoms with van der Waals surface area (Å²) in [5.74, 6) is 0.0116. The summed E-state index contributed by atoms with van der Waals surface area (Å²) in [6.07, 6.45) is 3.37. The summed E-state index contributed by atoms with van der Waals surface area (Å²) >= 11 is 0. The van der Waals surface area contributed by atoms with E-state index in [1.807, 2.05) is 24.3 Å². The van der Waals surface area contributed by atoms with Crippen molar-refractivity contribution in [1.29, 1.82) is 0 Å². The summed E-state index contributed by atoms with van der Waals surface area (Å²) in [5, 5.41) is 3.08. The van der Waals surface area contributed by atoms with Gasteiger partial charge in [-0.05, 0) is 43.9 Å². The van der Waals surface area contributed by atoms with Gasteiger partial charge in [-0.15, -0.1) is 0 Å². The van der Waals surface area contributed by atoms with Crippen LogP contribution in [-0.2, 0) is 6.54 Å². The van der Waals surface area contributed by atoms with Crippen LogP contribution in [0.4, 0.5) is 0 Å². The number of hydrogen-bond acceptors (Lipinski definition) is 2. The van der Waals surface area contributed by atoms with Crippen molar-refractivity contribution in [2.75, 3.05) is 0 Å². The second kappa shape index (κ2) is 4.26. The summed E-state index contributed by atoms with van der Waals surface area (Å²) < 4.78 is 0. The van der Waals surface area contributed by atoms with Crippen molar-refractivity contribution in [2.24, 2.45) is 5.73 Å². The molecule has 1 aliphatic rings. The van der Waals surface area contributed by atoms with Gasteiger partial charge in [-0.3, -0.25) is 4.79 Å². The van der Waals surface area contributed by atoms with E-state index in [9.17, 15) is 4.79 Å². The fraction of sp³-hybridized carbons (Fsp3) is 0.462. The molecule has 1 amide bonds. The standard InChI is InChI=1S/C13H18N2O/c1-13(6-3-7-13)15-12(16)11-5-2-4-10(8-11)9-14/h2,4-5,8H,3,6-7,9,14H2,1H3,(H,15,16). The normalized spacial score (nSPS) is 17.6. The number of hydrogen-bond donors (Lipinski definition) is 2. The molecule has 3 heteroatoms. The van der Waals surface area contributed by atoms with E-state index in [-0.39, 0.29) is 11.4 Å². The molecule has 1 aliphatic carbocycles. The molecule has 0 bridgehead atoms. The monoisotopic (exact) mass is 218 g/mol. The molecule has 16 heavy (non-hydrogen) atoms. The number of carbonyl (C=O) groups excluding carboxylic acids is 1. The molecule has 86 valence electrons. The molecule has 2 rings (SSSR count).